The van der Waals surface area contributed by atoms with Crippen molar-refractivity contribution in [1.82, 2.24) is 0 Å². The summed E-state index contributed by atoms with van der Waals surface area (Å²) < 4.78 is 9.47. The highest BCUT2D eigenvalue weighted by molar-refractivity contribution is 6.38. The molecule has 90 valence electrons. The van der Waals surface area contributed by atoms with Gasteiger partial charge in [-0.1, -0.05) is 12.1 Å². The molecule has 0 unspecified atom stereocenters. The van der Waals surface area contributed by atoms with Crippen LogP contribution < -0.4 is 0 Å². The number of carbonyl (C=O) groups excluding carboxylic acids is 1. The van der Waals surface area contributed by atoms with E-state index < -0.39 is 5.82 Å². The summed E-state index contributed by atoms with van der Waals surface area (Å²) in [7, 11) is 1.42. The van der Waals surface area contributed by atoms with Crippen LogP contribution in [0.15, 0.2) is 24.3 Å². The van der Waals surface area contributed by atoms with E-state index in [1.165, 1.54) is 7.11 Å². The fourth-order valence-electron chi connectivity index (χ4n) is 1.46. The number of carbonyl (C=O) groups is 1. The minimum Gasteiger partial charge on any atom is -0.556 e. The van der Waals surface area contributed by atoms with Crippen LogP contribution in [0.5, 0.6) is 5.75 Å². The second kappa shape index (κ2) is 6.57. The molecule has 0 aromatic heterocycles. The molecule has 0 bridgehead atoms. The van der Waals surface area contributed by atoms with Crippen molar-refractivity contribution in [3.05, 3.63) is 29.8 Å². The lowest BCUT2D eigenvalue weighted by Gasteiger charge is -2.12. The molecule has 0 aliphatic heterocycles. The van der Waals surface area contributed by atoms with Crippen molar-refractivity contribution in [3.63, 3.8) is 0 Å². The van der Waals surface area contributed by atoms with Crippen molar-refractivity contribution in [2.45, 2.75) is 12.2 Å². The van der Waals surface area contributed by atoms with Crippen LogP contribution in [0.25, 0.3) is 0 Å². The Balaban J connectivity index is 2.67. The van der Waals surface area contributed by atoms with Crippen LogP contribution in [-0.4, -0.2) is 32.1 Å². The third-order valence-corrected chi connectivity index (χ3v) is 2.33. The van der Waals surface area contributed by atoms with Crippen LogP contribution >= 0.6 is 0 Å². The van der Waals surface area contributed by atoms with E-state index in [1.54, 1.807) is 24.3 Å². The van der Waals surface area contributed by atoms with Crippen LogP contribution in [0.4, 0.5) is 0 Å². The van der Waals surface area contributed by atoms with Crippen LogP contribution in [0, 0.1) is 5.41 Å². The predicted molar refractivity (Wildman–Crippen MR) is 64.6 cm³/mol. The van der Waals surface area contributed by atoms with Crippen LogP contribution in [0.3, 0.4) is 0 Å². The zero-order valence-electron chi connectivity index (χ0n) is 9.55. The molecule has 1 aromatic carbocycles. The molecule has 5 nitrogen and oxygen atoms in total. The third kappa shape index (κ3) is 4.18. The number of aromatic hydroxyl groups is 1. The number of methoxy groups -OCH3 is 1. The van der Waals surface area contributed by atoms with E-state index in [9.17, 15) is 4.79 Å². The van der Waals surface area contributed by atoms with Gasteiger partial charge in [0.2, 0.25) is 0 Å². The summed E-state index contributed by atoms with van der Waals surface area (Å²) in [4.78, 5) is 11.5. The third-order valence-electron chi connectivity index (χ3n) is 2.33. The van der Waals surface area contributed by atoms with Gasteiger partial charge in [-0.2, -0.15) is 0 Å². The molecule has 0 spiro atoms. The second-order valence-electron chi connectivity index (χ2n) is 3.54. The van der Waals surface area contributed by atoms with Crippen molar-refractivity contribution in [1.29, 1.82) is 5.41 Å². The number of hydrogen-bond donors (Lipinski definition) is 2. The highest BCUT2D eigenvalue weighted by atomic mass is 16.5. The Labute approximate surface area is 100 Å². The minimum absolute atomic E-state index is 0.108. The van der Waals surface area contributed by atoms with E-state index in [2.05, 4.69) is 4.74 Å². The fraction of sp³-hybridized carbons (Fsp3) is 0.273. The zero-order valence-corrected chi connectivity index (χ0v) is 9.55. The lowest BCUT2D eigenvalue weighted by atomic mass is 9.76. The Bertz CT molecular complexity index is 380. The van der Waals surface area contributed by atoms with Gasteiger partial charge in [0.25, 0.3) is 0 Å². The van der Waals surface area contributed by atoms with E-state index in [4.69, 9.17) is 15.2 Å². The normalized spacial score (nSPS) is 11.4. The van der Waals surface area contributed by atoms with Gasteiger partial charge in [-0.25, -0.2) is 0 Å². The molecule has 0 aliphatic carbocycles. The summed E-state index contributed by atoms with van der Waals surface area (Å²) >= 11 is 0. The maximum absolute atomic E-state index is 11.5. The lowest BCUT2D eigenvalue weighted by Crippen LogP contribution is -2.20. The first-order valence-corrected chi connectivity index (χ1v) is 5.13. The molecule has 0 amide bonds. The largest absolute Gasteiger partial charge is 0.556 e. The number of nitrogens with one attached hydrogen (secondary N) is 1. The van der Waals surface area contributed by atoms with Gasteiger partial charge in [-0.05, 0) is 24.1 Å². The molecular weight excluding hydrogens is 221 g/mol. The van der Waals surface area contributed by atoms with E-state index >= 15 is 0 Å². The van der Waals surface area contributed by atoms with E-state index in [1.807, 2.05) is 0 Å². The van der Waals surface area contributed by atoms with Crippen molar-refractivity contribution in [2.75, 3.05) is 7.11 Å². The molecule has 2 N–H and O–H groups in total. The molecule has 0 radical (unpaired) electrons. The Morgan fingerprint density at radius 1 is 1.53 bits per heavy atom. The second-order valence-corrected chi connectivity index (χ2v) is 3.54. The highest BCUT2D eigenvalue weighted by Crippen LogP contribution is 2.17. The van der Waals surface area contributed by atoms with Crippen LogP contribution in [0.1, 0.15) is 5.56 Å². The molecule has 1 atom stereocenters. The van der Waals surface area contributed by atoms with Gasteiger partial charge in [-0.15, -0.1) is 0 Å². The average molecular weight is 235 g/mol. The number of rotatable bonds is 6. The van der Waals surface area contributed by atoms with Crippen molar-refractivity contribution < 1.29 is 19.3 Å². The van der Waals surface area contributed by atoms with Crippen LogP contribution in [-0.2, 0) is 20.6 Å². The van der Waals surface area contributed by atoms with Crippen molar-refractivity contribution in [2.24, 2.45) is 0 Å². The number of phenolic OH excluding ortho intramolecular Hbond substituents is 1. The Morgan fingerprint density at radius 2 is 2.18 bits per heavy atom. The van der Waals surface area contributed by atoms with Gasteiger partial charge in [0.05, 0.1) is 12.9 Å². The first-order chi connectivity index (χ1) is 8.17. The number of phenols is 1. The summed E-state index contributed by atoms with van der Waals surface area (Å²) in [5.41, 5.74) is 0.895. The molecule has 0 heterocycles. The Kier molecular flexibility index (Phi) is 5.06. The van der Waals surface area contributed by atoms with E-state index in [0.29, 0.717) is 6.42 Å². The van der Waals surface area contributed by atoms with Gasteiger partial charge in [0.1, 0.15) is 12.2 Å². The first kappa shape index (κ1) is 13.1. The molecule has 0 saturated heterocycles. The van der Waals surface area contributed by atoms with Gasteiger partial charge < -0.3 is 14.5 Å². The van der Waals surface area contributed by atoms with Gasteiger partial charge in [0.15, 0.2) is 0 Å². The molecular formula is C11H14BNO4. The zero-order chi connectivity index (χ0) is 12.7. The topological polar surface area (TPSA) is 79.6 Å². The maximum atomic E-state index is 11.5. The van der Waals surface area contributed by atoms with Crippen molar-refractivity contribution >= 4 is 19.9 Å². The first-order valence-electron chi connectivity index (χ1n) is 5.13. The Morgan fingerprint density at radius 3 is 2.71 bits per heavy atom. The summed E-state index contributed by atoms with van der Waals surface area (Å²) in [6.45, 7) is 0. The summed E-state index contributed by atoms with van der Waals surface area (Å²) in [5, 5.41) is 15.9. The number of benzene rings is 1. The van der Waals surface area contributed by atoms with E-state index in [-0.39, 0.29) is 19.2 Å². The SMILES string of the molecule is COC(=O)[C@@H](BOC=N)Cc1ccc(O)cc1. The fourth-order valence-corrected chi connectivity index (χ4v) is 1.46. The summed E-state index contributed by atoms with van der Waals surface area (Å²) in [6, 6.07) is 6.58. The number of ether oxygens (including phenoxy) is 1. The number of esters is 1. The molecule has 0 saturated carbocycles. The average Bonchev–Trinajstić information content (AvgIpc) is 2.36. The number of hydrogen-bond acceptors (Lipinski definition) is 5. The molecule has 6 heteroatoms. The molecule has 17 heavy (non-hydrogen) atoms. The van der Waals surface area contributed by atoms with Gasteiger partial charge in [-0.3, -0.25) is 10.2 Å². The quantitative estimate of drug-likeness (QED) is 0.332. The molecule has 0 aliphatic rings. The standard InChI is InChI=1S/C11H14BNO4/c1-16-11(15)10(12-17-7-13)6-8-2-4-9(14)5-3-8/h2-5,7,10,12-14H,6H2,1H3/t10-/m0/s1. The van der Waals surface area contributed by atoms with Crippen molar-refractivity contribution in [3.8, 4) is 5.75 Å². The molecule has 1 aromatic rings. The van der Waals surface area contributed by atoms with Gasteiger partial charge in [0, 0.05) is 0 Å². The molecule has 1 rings (SSSR count). The predicted octanol–water partition coefficient (Wildman–Crippen LogP) is 0.871. The van der Waals surface area contributed by atoms with E-state index in [0.717, 1.165) is 12.0 Å². The molecule has 0 fully saturated rings. The Hall–Kier alpha value is -1.98. The summed E-state index contributed by atoms with van der Waals surface area (Å²) in [6.07, 6.45) is 1.24. The maximum Gasteiger partial charge on any atom is 0.355 e. The monoisotopic (exact) mass is 235 g/mol. The smallest absolute Gasteiger partial charge is 0.355 e. The minimum atomic E-state index is -0.453. The summed E-state index contributed by atoms with van der Waals surface area (Å²) in [5.74, 6) is -0.648. The van der Waals surface area contributed by atoms with Gasteiger partial charge >= 0.3 is 13.5 Å². The highest BCUT2D eigenvalue weighted by Gasteiger charge is 2.22. The lowest BCUT2D eigenvalue weighted by molar-refractivity contribution is -0.140. The van der Waals surface area contributed by atoms with Crippen LogP contribution in [0.2, 0.25) is 5.82 Å².